The summed E-state index contributed by atoms with van der Waals surface area (Å²) >= 11 is 1.88. The van der Waals surface area contributed by atoms with Crippen LogP contribution in [0.5, 0.6) is 11.5 Å². The summed E-state index contributed by atoms with van der Waals surface area (Å²) in [4.78, 5) is 0. The molecule has 16 heavy (non-hydrogen) atoms. The fraction of sp³-hybridized carbons (Fsp3) is 0.538. The number of thioether (sulfide) groups is 1. The first-order chi connectivity index (χ1) is 7.69. The van der Waals surface area contributed by atoms with Gasteiger partial charge in [0.15, 0.2) is 0 Å². The number of aromatic hydroxyl groups is 2. The van der Waals surface area contributed by atoms with Crippen LogP contribution in [0.15, 0.2) is 18.2 Å². The van der Waals surface area contributed by atoms with E-state index in [0.717, 1.165) is 17.7 Å². The Balaban J connectivity index is 2.70. The molecule has 0 heterocycles. The van der Waals surface area contributed by atoms with Crippen LogP contribution in [0, 0.1) is 0 Å². The van der Waals surface area contributed by atoms with Crippen molar-refractivity contribution < 1.29 is 10.2 Å². The molecular weight excluding hydrogens is 220 g/mol. The van der Waals surface area contributed by atoms with E-state index in [-0.39, 0.29) is 11.5 Å². The number of unbranched alkanes of at least 4 members (excludes halogenated alkanes) is 1. The van der Waals surface area contributed by atoms with Crippen molar-refractivity contribution >= 4 is 11.8 Å². The van der Waals surface area contributed by atoms with Crippen LogP contribution in [0.3, 0.4) is 0 Å². The molecule has 1 aromatic rings. The van der Waals surface area contributed by atoms with Crippen LogP contribution >= 0.6 is 11.8 Å². The largest absolute Gasteiger partial charge is 0.508 e. The molecule has 0 amide bonds. The molecule has 2 nitrogen and oxygen atoms in total. The number of hydrogen-bond donors (Lipinski definition) is 2. The lowest BCUT2D eigenvalue weighted by Gasteiger charge is -2.16. The molecule has 1 unspecified atom stereocenters. The van der Waals surface area contributed by atoms with Gasteiger partial charge in [-0.05, 0) is 24.7 Å². The van der Waals surface area contributed by atoms with Crippen molar-refractivity contribution in [2.75, 3.05) is 5.75 Å². The van der Waals surface area contributed by atoms with Gasteiger partial charge < -0.3 is 10.2 Å². The molecule has 0 fully saturated rings. The third-order valence-electron chi connectivity index (χ3n) is 2.55. The average molecular weight is 240 g/mol. The lowest BCUT2D eigenvalue weighted by molar-refractivity contribution is 0.445. The summed E-state index contributed by atoms with van der Waals surface area (Å²) in [6.45, 7) is 4.30. The molecule has 0 spiro atoms. The van der Waals surface area contributed by atoms with Gasteiger partial charge in [0.1, 0.15) is 11.5 Å². The van der Waals surface area contributed by atoms with Gasteiger partial charge in [0.25, 0.3) is 0 Å². The van der Waals surface area contributed by atoms with E-state index in [2.05, 4.69) is 13.8 Å². The first kappa shape index (κ1) is 13.2. The van der Waals surface area contributed by atoms with E-state index in [9.17, 15) is 10.2 Å². The van der Waals surface area contributed by atoms with Crippen molar-refractivity contribution in [1.82, 2.24) is 0 Å². The highest BCUT2D eigenvalue weighted by atomic mass is 32.2. The highest BCUT2D eigenvalue weighted by Gasteiger charge is 2.13. The van der Waals surface area contributed by atoms with Gasteiger partial charge in [-0.2, -0.15) is 11.8 Å². The average Bonchev–Trinajstić information content (AvgIpc) is 2.26. The van der Waals surface area contributed by atoms with Crippen molar-refractivity contribution in [2.45, 2.75) is 38.4 Å². The van der Waals surface area contributed by atoms with Crippen molar-refractivity contribution in [1.29, 1.82) is 0 Å². The summed E-state index contributed by atoms with van der Waals surface area (Å²) in [5.41, 5.74) is 0.932. The SMILES string of the molecule is CCCCSC(CC)c1ccc(O)cc1O. The lowest BCUT2D eigenvalue weighted by Crippen LogP contribution is -1.94. The third-order valence-corrected chi connectivity index (χ3v) is 4.06. The molecule has 0 saturated heterocycles. The number of phenols is 2. The van der Waals surface area contributed by atoms with Crippen LogP contribution in [0.25, 0.3) is 0 Å². The molecule has 1 rings (SSSR count). The molecule has 90 valence electrons. The Bertz CT molecular complexity index is 326. The van der Waals surface area contributed by atoms with Gasteiger partial charge in [0.05, 0.1) is 0 Å². The maximum absolute atomic E-state index is 9.78. The second-order valence-electron chi connectivity index (χ2n) is 3.86. The third kappa shape index (κ3) is 3.63. The Morgan fingerprint density at radius 2 is 2.00 bits per heavy atom. The zero-order valence-corrected chi connectivity index (χ0v) is 10.8. The summed E-state index contributed by atoms with van der Waals surface area (Å²) in [5, 5.41) is 19.3. The van der Waals surface area contributed by atoms with E-state index in [1.54, 1.807) is 6.07 Å². The molecule has 0 saturated carbocycles. The minimum atomic E-state index is 0.120. The van der Waals surface area contributed by atoms with Gasteiger partial charge in [-0.3, -0.25) is 0 Å². The molecule has 0 aliphatic carbocycles. The topological polar surface area (TPSA) is 40.5 Å². The van der Waals surface area contributed by atoms with Gasteiger partial charge in [0.2, 0.25) is 0 Å². The predicted molar refractivity (Wildman–Crippen MR) is 70.2 cm³/mol. The normalized spacial score (nSPS) is 12.6. The first-order valence-electron chi connectivity index (χ1n) is 5.82. The van der Waals surface area contributed by atoms with Crippen molar-refractivity contribution in [3.05, 3.63) is 23.8 Å². The minimum absolute atomic E-state index is 0.120. The first-order valence-corrected chi connectivity index (χ1v) is 6.87. The van der Waals surface area contributed by atoms with E-state index in [1.807, 2.05) is 17.8 Å². The Morgan fingerprint density at radius 1 is 1.25 bits per heavy atom. The van der Waals surface area contributed by atoms with Gasteiger partial charge in [-0.1, -0.05) is 26.3 Å². The fourth-order valence-corrected chi connectivity index (χ4v) is 2.96. The molecule has 3 heteroatoms. The van der Waals surface area contributed by atoms with Crippen LogP contribution in [-0.2, 0) is 0 Å². The van der Waals surface area contributed by atoms with Gasteiger partial charge >= 0.3 is 0 Å². The highest BCUT2D eigenvalue weighted by molar-refractivity contribution is 7.99. The molecule has 1 aromatic carbocycles. The zero-order chi connectivity index (χ0) is 12.0. The van der Waals surface area contributed by atoms with E-state index in [0.29, 0.717) is 5.25 Å². The van der Waals surface area contributed by atoms with Crippen molar-refractivity contribution in [2.24, 2.45) is 0 Å². The summed E-state index contributed by atoms with van der Waals surface area (Å²) in [6.07, 6.45) is 3.40. The van der Waals surface area contributed by atoms with Crippen molar-refractivity contribution in [3.63, 3.8) is 0 Å². The van der Waals surface area contributed by atoms with Gasteiger partial charge in [-0.25, -0.2) is 0 Å². The molecule has 1 atom stereocenters. The Kier molecular flexibility index (Phi) is 5.53. The second kappa shape index (κ2) is 6.69. The number of benzene rings is 1. The van der Waals surface area contributed by atoms with E-state index in [4.69, 9.17) is 0 Å². The van der Waals surface area contributed by atoms with Gasteiger partial charge in [-0.15, -0.1) is 0 Å². The molecule has 0 aromatic heterocycles. The fourth-order valence-electron chi connectivity index (χ4n) is 1.60. The molecule has 0 aliphatic heterocycles. The van der Waals surface area contributed by atoms with Gasteiger partial charge in [0, 0.05) is 16.9 Å². The summed E-state index contributed by atoms with van der Waals surface area (Å²) in [7, 11) is 0. The van der Waals surface area contributed by atoms with Crippen LogP contribution in [0.2, 0.25) is 0 Å². The van der Waals surface area contributed by atoms with E-state index < -0.39 is 0 Å². The van der Waals surface area contributed by atoms with Crippen LogP contribution in [0.4, 0.5) is 0 Å². The zero-order valence-electron chi connectivity index (χ0n) is 9.94. The predicted octanol–water partition coefficient (Wildman–Crippen LogP) is 4.08. The number of phenolic OH excluding ortho intramolecular Hbond substituents is 2. The standard InChI is InChI=1S/C13H20O2S/c1-3-5-8-16-13(4-2)11-7-6-10(14)9-12(11)15/h6-7,9,13-15H,3-5,8H2,1-2H3. The van der Waals surface area contributed by atoms with Crippen LogP contribution in [-0.4, -0.2) is 16.0 Å². The maximum atomic E-state index is 9.78. The Hall–Kier alpha value is -0.830. The molecule has 0 bridgehead atoms. The highest BCUT2D eigenvalue weighted by Crippen LogP contribution is 2.38. The molecule has 0 aliphatic rings. The Morgan fingerprint density at radius 3 is 2.56 bits per heavy atom. The molecule has 0 radical (unpaired) electrons. The monoisotopic (exact) mass is 240 g/mol. The van der Waals surface area contributed by atoms with E-state index >= 15 is 0 Å². The summed E-state index contributed by atoms with van der Waals surface area (Å²) < 4.78 is 0. The van der Waals surface area contributed by atoms with Crippen LogP contribution in [0.1, 0.15) is 43.9 Å². The molecule has 2 N–H and O–H groups in total. The van der Waals surface area contributed by atoms with Crippen molar-refractivity contribution in [3.8, 4) is 11.5 Å². The molecular formula is C13H20O2S. The Labute approximate surface area is 102 Å². The maximum Gasteiger partial charge on any atom is 0.123 e. The number of rotatable bonds is 6. The minimum Gasteiger partial charge on any atom is -0.508 e. The lowest BCUT2D eigenvalue weighted by atomic mass is 10.1. The van der Waals surface area contributed by atoms with E-state index in [1.165, 1.54) is 18.9 Å². The summed E-state index contributed by atoms with van der Waals surface area (Å²) in [6, 6.07) is 4.87. The van der Waals surface area contributed by atoms with Crippen LogP contribution < -0.4 is 0 Å². The second-order valence-corrected chi connectivity index (χ2v) is 5.17. The smallest absolute Gasteiger partial charge is 0.123 e. The quantitative estimate of drug-likeness (QED) is 0.736. The summed E-state index contributed by atoms with van der Waals surface area (Å²) in [5.74, 6) is 1.44. The number of hydrogen-bond acceptors (Lipinski definition) is 3.